The SMILES string of the molecule is COCC1CCCN(S(=O)(=O)c2cccc(CN)c2C)C1. The lowest BCUT2D eigenvalue weighted by molar-refractivity contribution is 0.118. The van der Waals surface area contributed by atoms with Crippen LogP contribution in [0.4, 0.5) is 0 Å². The third-order valence-electron chi connectivity index (χ3n) is 4.12. The van der Waals surface area contributed by atoms with E-state index >= 15 is 0 Å². The highest BCUT2D eigenvalue weighted by Gasteiger charge is 2.31. The number of nitrogens with two attached hydrogens (primary N) is 1. The van der Waals surface area contributed by atoms with E-state index < -0.39 is 10.0 Å². The molecule has 0 saturated carbocycles. The maximum absolute atomic E-state index is 12.9. The minimum absolute atomic E-state index is 0.275. The van der Waals surface area contributed by atoms with Crippen molar-refractivity contribution in [1.82, 2.24) is 4.31 Å². The van der Waals surface area contributed by atoms with Gasteiger partial charge in [-0.15, -0.1) is 0 Å². The molecule has 0 aromatic heterocycles. The second-order valence-electron chi connectivity index (χ2n) is 5.57. The zero-order valence-electron chi connectivity index (χ0n) is 12.7. The van der Waals surface area contributed by atoms with Crippen LogP contribution in [0.5, 0.6) is 0 Å². The Labute approximate surface area is 127 Å². The first-order valence-corrected chi connectivity index (χ1v) is 8.72. The molecule has 1 aliphatic rings. The molecule has 118 valence electrons. The summed E-state index contributed by atoms with van der Waals surface area (Å²) in [5.41, 5.74) is 7.31. The summed E-state index contributed by atoms with van der Waals surface area (Å²) in [7, 11) is -1.80. The van der Waals surface area contributed by atoms with E-state index in [0.29, 0.717) is 31.1 Å². The van der Waals surface area contributed by atoms with E-state index in [-0.39, 0.29) is 5.92 Å². The predicted molar refractivity (Wildman–Crippen MR) is 82.4 cm³/mol. The summed E-state index contributed by atoms with van der Waals surface area (Å²) >= 11 is 0. The summed E-state index contributed by atoms with van der Waals surface area (Å²) in [4.78, 5) is 0.378. The van der Waals surface area contributed by atoms with Gasteiger partial charge >= 0.3 is 0 Å². The molecule has 1 fully saturated rings. The number of hydrogen-bond donors (Lipinski definition) is 1. The van der Waals surface area contributed by atoms with Crippen LogP contribution in [-0.2, 0) is 21.3 Å². The Morgan fingerprint density at radius 1 is 1.43 bits per heavy atom. The lowest BCUT2D eigenvalue weighted by atomic mass is 10.0. The van der Waals surface area contributed by atoms with Gasteiger partial charge in [0.2, 0.25) is 10.0 Å². The average Bonchev–Trinajstić information content (AvgIpc) is 2.48. The molecule has 0 spiro atoms. The first kappa shape index (κ1) is 16.4. The van der Waals surface area contributed by atoms with E-state index in [2.05, 4.69) is 0 Å². The molecule has 0 aliphatic carbocycles. The number of rotatable bonds is 5. The third kappa shape index (κ3) is 3.45. The zero-order valence-corrected chi connectivity index (χ0v) is 13.5. The van der Waals surface area contributed by atoms with Crippen molar-refractivity contribution in [3.8, 4) is 0 Å². The summed E-state index contributed by atoms with van der Waals surface area (Å²) in [6, 6.07) is 5.31. The van der Waals surface area contributed by atoms with Crippen molar-refractivity contribution in [3.05, 3.63) is 29.3 Å². The second-order valence-corrected chi connectivity index (χ2v) is 7.48. The molecular weight excluding hydrogens is 288 g/mol. The summed E-state index contributed by atoms with van der Waals surface area (Å²) in [5.74, 6) is 0.275. The Bertz CT molecular complexity index is 585. The molecule has 0 amide bonds. The summed E-state index contributed by atoms with van der Waals surface area (Å²) in [6.45, 7) is 3.89. The molecule has 1 atom stereocenters. The maximum atomic E-state index is 12.9. The van der Waals surface area contributed by atoms with Gasteiger partial charge in [-0.05, 0) is 42.9 Å². The molecule has 2 N–H and O–H groups in total. The number of ether oxygens (including phenoxy) is 1. The Kier molecular flexibility index (Phi) is 5.37. The molecule has 0 radical (unpaired) electrons. The molecule has 1 aromatic carbocycles. The van der Waals surface area contributed by atoms with Gasteiger partial charge in [0.25, 0.3) is 0 Å². The van der Waals surface area contributed by atoms with Gasteiger partial charge in [-0.25, -0.2) is 8.42 Å². The van der Waals surface area contributed by atoms with Crippen molar-refractivity contribution >= 4 is 10.0 Å². The lowest BCUT2D eigenvalue weighted by Gasteiger charge is -2.32. The van der Waals surface area contributed by atoms with Crippen LogP contribution in [0.15, 0.2) is 23.1 Å². The van der Waals surface area contributed by atoms with Gasteiger partial charge in [-0.3, -0.25) is 0 Å². The highest BCUT2D eigenvalue weighted by Crippen LogP contribution is 2.27. The molecule has 1 aromatic rings. The van der Waals surface area contributed by atoms with Crippen LogP contribution in [0.3, 0.4) is 0 Å². The molecule has 5 nitrogen and oxygen atoms in total. The Hall–Kier alpha value is -0.950. The molecule has 21 heavy (non-hydrogen) atoms. The van der Waals surface area contributed by atoms with Crippen LogP contribution in [0.25, 0.3) is 0 Å². The highest BCUT2D eigenvalue weighted by molar-refractivity contribution is 7.89. The molecule has 1 aliphatic heterocycles. The van der Waals surface area contributed by atoms with Crippen LogP contribution >= 0.6 is 0 Å². The van der Waals surface area contributed by atoms with Gasteiger partial charge < -0.3 is 10.5 Å². The van der Waals surface area contributed by atoms with Gasteiger partial charge in [-0.2, -0.15) is 4.31 Å². The summed E-state index contributed by atoms with van der Waals surface area (Å²) < 4.78 is 32.5. The number of methoxy groups -OCH3 is 1. The van der Waals surface area contributed by atoms with E-state index in [4.69, 9.17) is 10.5 Å². The predicted octanol–water partition coefficient (Wildman–Crippen LogP) is 1.50. The van der Waals surface area contributed by atoms with Gasteiger partial charge in [0.05, 0.1) is 11.5 Å². The smallest absolute Gasteiger partial charge is 0.243 e. The van der Waals surface area contributed by atoms with Crippen molar-refractivity contribution in [2.45, 2.75) is 31.2 Å². The van der Waals surface area contributed by atoms with Crippen molar-refractivity contribution in [2.75, 3.05) is 26.8 Å². The molecule has 1 unspecified atom stereocenters. The maximum Gasteiger partial charge on any atom is 0.243 e. The molecule has 0 bridgehead atoms. The average molecular weight is 312 g/mol. The fourth-order valence-electron chi connectivity index (χ4n) is 2.92. The minimum atomic E-state index is -3.45. The van der Waals surface area contributed by atoms with Crippen molar-refractivity contribution in [2.24, 2.45) is 11.7 Å². The Morgan fingerprint density at radius 3 is 2.86 bits per heavy atom. The fraction of sp³-hybridized carbons (Fsp3) is 0.600. The van der Waals surface area contributed by atoms with Gasteiger partial charge in [0.15, 0.2) is 0 Å². The van der Waals surface area contributed by atoms with Crippen LogP contribution in [0.2, 0.25) is 0 Å². The normalized spacial score (nSPS) is 20.6. The number of nitrogens with zero attached hydrogens (tertiary/aromatic N) is 1. The highest BCUT2D eigenvalue weighted by atomic mass is 32.2. The summed E-state index contributed by atoms with van der Waals surface area (Å²) in [6.07, 6.45) is 1.89. The van der Waals surface area contributed by atoms with E-state index in [0.717, 1.165) is 24.0 Å². The van der Waals surface area contributed by atoms with Gasteiger partial charge in [0.1, 0.15) is 0 Å². The topological polar surface area (TPSA) is 72.6 Å². The molecule has 6 heteroatoms. The molecular formula is C15H24N2O3S. The van der Waals surface area contributed by atoms with Crippen molar-refractivity contribution in [1.29, 1.82) is 0 Å². The quantitative estimate of drug-likeness (QED) is 0.894. The Morgan fingerprint density at radius 2 is 2.19 bits per heavy atom. The first-order valence-electron chi connectivity index (χ1n) is 7.28. The first-order chi connectivity index (χ1) is 10.0. The third-order valence-corrected chi connectivity index (χ3v) is 6.13. The number of piperidine rings is 1. The van der Waals surface area contributed by atoms with Crippen molar-refractivity contribution < 1.29 is 13.2 Å². The number of sulfonamides is 1. The van der Waals surface area contributed by atoms with Gasteiger partial charge in [0, 0.05) is 26.7 Å². The number of benzene rings is 1. The van der Waals surface area contributed by atoms with Gasteiger partial charge in [-0.1, -0.05) is 12.1 Å². The lowest BCUT2D eigenvalue weighted by Crippen LogP contribution is -2.41. The van der Waals surface area contributed by atoms with E-state index in [1.165, 1.54) is 0 Å². The van der Waals surface area contributed by atoms with E-state index in [1.807, 2.05) is 13.0 Å². The standard InChI is InChI=1S/C15H24N2O3S/c1-12-14(9-16)6-3-7-15(12)21(18,19)17-8-4-5-13(10-17)11-20-2/h3,6-7,13H,4-5,8-11,16H2,1-2H3. The molecule has 1 heterocycles. The monoisotopic (exact) mass is 312 g/mol. The van der Waals surface area contributed by atoms with Crippen LogP contribution < -0.4 is 5.73 Å². The minimum Gasteiger partial charge on any atom is -0.384 e. The zero-order chi connectivity index (χ0) is 15.5. The van der Waals surface area contributed by atoms with E-state index in [1.54, 1.807) is 23.5 Å². The van der Waals surface area contributed by atoms with Crippen LogP contribution in [-0.4, -0.2) is 39.5 Å². The molecule has 2 rings (SSSR count). The summed E-state index contributed by atoms with van der Waals surface area (Å²) in [5, 5.41) is 0. The molecule has 1 saturated heterocycles. The van der Waals surface area contributed by atoms with Crippen LogP contribution in [0, 0.1) is 12.8 Å². The largest absolute Gasteiger partial charge is 0.384 e. The Balaban J connectivity index is 2.29. The van der Waals surface area contributed by atoms with Crippen LogP contribution in [0.1, 0.15) is 24.0 Å². The number of hydrogen-bond acceptors (Lipinski definition) is 4. The second kappa shape index (κ2) is 6.87. The van der Waals surface area contributed by atoms with E-state index in [9.17, 15) is 8.42 Å². The van der Waals surface area contributed by atoms with Crippen molar-refractivity contribution in [3.63, 3.8) is 0 Å². The fourth-order valence-corrected chi connectivity index (χ4v) is 4.74.